The Kier molecular flexibility index (Phi) is 23.4. The Labute approximate surface area is 503 Å². The number of benzene rings is 1. The molecular formula is C55H78N12O17S2. The first kappa shape index (κ1) is 66.7. The molecule has 2 aromatic rings. The van der Waals surface area contributed by atoms with Crippen molar-refractivity contribution in [3.8, 4) is 5.75 Å². The van der Waals surface area contributed by atoms with Gasteiger partial charge in [0.2, 0.25) is 58.2 Å². The van der Waals surface area contributed by atoms with Crippen molar-refractivity contribution < 1.29 is 82.5 Å². The third-order valence-electron chi connectivity index (χ3n) is 16.2. The fourth-order valence-corrected chi connectivity index (χ4v) is 13.7. The number of aliphatic hydroxyl groups excluding tert-OH is 4. The summed E-state index contributed by atoms with van der Waals surface area (Å²) < 4.78 is 21.3. The van der Waals surface area contributed by atoms with Crippen LogP contribution in [0, 0.1) is 11.8 Å². The molecule has 2 fully saturated rings. The van der Waals surface area contributed by atoms with Crippen molar-refractivity contribution in [2.45, 2.75) is 149 Å². The van der Waals surface area contributed by atoms with Crippen LogP contribution in [-0.2, 0) is 76.1 Å². The second kappa shape index (κ2) is 30.2. The highest BCUT2D eigenvalue weighted by molar-refractivity contribution is 7.99. The van der Waals surface area contributed by atoms with Crippen LogP contribution in [-0.4, -0.2) is 228 Å². The van der Waals surface area contributed by atoms with E-state index in [-0.39, 0.29) is 52.3 Å². The third kappa shape index (κ3) is 16.4. The van der Waals surface area contributed by atoms with E-state index in [1.165, 1.54) is 37.9 Å². The van der Waals surface area contributed by atoms with Crippen LogP contribution >= 0.6 is 11.8 Å². The number of β-amino-alcohol motifs (C(OH)–C–C–N with tert-alkyl or cyclic N) is 1. The van der Waals surface area contributed by atoms with Crippen LogP contribution in [0.3, 0.4) is 0 Å². The van der Waals surface area contributed by atoms with Crippen molar-refractivity contribution in [3.05, 3.63) is 35.4 Å². The summed E-state index contributed by atoms with van der Waals surface area (Å²) in [6.07, 6.45) is -1.22. The molecule has 7 rings (SSSR count). The summed E-state index contributed by atoms with van der Waals surface area (Å²) in [5.41, 5.74) is 6.61. The van der Waals surface area contributed by atoms with E-state index >= 15 is 4.55 Å². The molecule has 14 N–H and O–H groups in total. The van der Waals surface area contributed by atoms with E-state index in [2.05, 4.69) is 42.2 Å². The third-order valence-corrected chi connectivity index (χ3v) is 19.0. The predicted molar refractivity (Wildman–Crippen MR) is 309 cm³/mol. The molecule has 5 aliphatic heterocycles. The lowest BCUT2D eigenvalue weighted by molar-refractivity contribution is -0.144. The van der Waals surface area contributed by atoms with Gasteiger partial charge >= 0.3 is 0 Å². The molecule has 472 valence electrons. The number of H-pyrrole nitrogens is 1. The fraction of sp³-hybridized carbons (Fsp3) is 0.618. The largest absolute Gasteiger partial charge is 0.610 e. The number of nitrogens with one attached hydrogen (secondary N) is 8. The summed E-state index contributed by atoms with van der Waals surface area (Å²) in [5, 5.41) is 61.5. The minimum Gasteiger partial charge on any atom is -0.610 e. The number of carbonyl (C=O) groups is 11. The number of aliphatic hydroxyl groups is 4. The number of methoxy groups -OCH3 is 1. The zero-order valence-corrected chi connectivity index (χ0v) is 49.9. The zero-order valence-electron chi connectivity index (χ0n) is 48.3. The number of primary amides is 1. The number of imide groups is 1. The number of thioether (sulfide) groups is 1. The second-order valence-electron chi connectivity index (χ2n) is 22.3. The molecule has 1 aromatic heterocycles. The van der Waals surface area contributed by atoms with Gasteiger partial charge in [0.1, 0.15) is 54.0 Å². The van der Waals surface area contributed by atoms with Gasteiger partial charge < -0.3 is 82.1 Å². The monoisotopic (exact) mass is 1240 g/mol. The number of carbonyl (C=O) groups excluding carboxylic acids is 11. The number of fused-ring (bicyclic) bond motifs is 5. The molecule has 2 bridgehead atoms. The van der Waals surface area contributed by atoms with Gasteiger partial charge in [0, 0.05) is 102 Å². The van der Waals surface area contributed by atoms with Gasteiger partial charge in [-0.05, 0) is 37.3 Å². The number of hydrogen-bond acceptors (Lipinski definition) is 19. The molecule has 0 radical (unpaired) electrons. The normalized spacial score (nSPS) is 27.8. The molecular weight excluding hydrogens is 1160 g/mol. The number of nitrogens with two attached hydrogens (primary N) is 1. The lowest BCUT2D eigenvalue weighted by Gasteiger charge is -2.33. The van der Waals surface area contributed by atoms with Gasteiger partial charge in [-0.25, -0.2) is 0 Å². The molecule has 13 atom stereocenters. The molecule has 1 aromatic carbocycles. The molecule has 86 heavy (non-hydrogen) atoms. The van der Waals surface area contributed by atoms with E-state index in [0.717, 1.165) is 9.80 Å². The smallest absolute Gasteiger partial charge is 0.253 e. The molecule has 11 amide bonds. The highest BCUT2D eigenvalue weighted by Crippen LogP contribution is 2.38. The molecule has 2 saturated heterocycles. The quantitative estimate of drug-likeness (QED) is 0.0403. The van der Waals surface area contributed by atoms with Crippen molar-refractivity contribution >= 4 is 98.8 Å². The van der Waals surface area contributed by atoms with Crippen molar-refractivity contribution in [1.29, 1.82) is 0 Å². The second-order valence-corrected chi connectivity index (χ2v) is 25.0. The number of ether oxygens (including phenoxy) is 1. The van der Waals surface area contributed by atoms with Crippen LogP contribution in [0.4, 0.5) is 0 Å². The Bertz CT molecular complexity index is 2910. The number of likely N-dealkylation sites (tertiary alicyclic amines) is 1. The van der Waals surface area contributed by atoms with Gasteiger partial charge in [0.05, 0.1) is 51.0 Å². The van der Waals surface area contributed by atoms with E-state index in [1.54, 1.807) is 30.9 Å². The highest BCUT2D eigenvalue weighted by atomic mass is 32.2. The number of aromatic nitrogens is 1. The van der Waals surface area contributed by atoms with Crippen LogP contribution in [0.2, 0.25) is 0 Å². The Morgan fingerprint density at radius 2 is 1.62 bits per heavy atom. The molecule has 0 spiro atoms. The Morgan fingerprint density at radius 1 is 0.884 bits per heavy atom. The van der Waals surface area contributed by atoms with Crippen LogP contribution in [0.15, 0.2) is 29.3 Å². The molecule has 29 nitrogen and oxygen atoms in total. The summed E-state index contributed by atoms with van der Waals surface area (Å²) in [6, 6.07) is -6.76. The summed E-state index contributed by atoms with van der Waals surface area (Å²) in [7, 11) is 1.44. The van der Waals surface area contributed by atoms with E-state index < -0.39 is 176 Å². The van der Waals surface area contributed by atoms with Crippen molar-refractivity contribution in [2.75, 3.05) is 58.7 Å². The number of nitrogens with zero attached hydrogens (tertiary/aromatic N) is 3. The Balaban J connectivity index is 1.30. The number of rotatable bonds is 17. The van der Waals surface area contributed by atoms with Gasteiger partial charge in [0.25, 0.3) is 11.8 Å². The van der Waals surface area contributed by atoms with Gasteiger partial charge in [-0.1, -0.05) is 33.6 Å². The van der Waals surface area contributed by atoms with Gasteiger partial charge in [-0.2, -0.15) is 11.8 Å². The number of amides is 11. The minimum absolute atomic E-state index is 0.0485. The van der Waals surface area contributed by atoms with Crippen LogP contribution in [0.5, 0.6) is 5.75 Å². The number of unbranched alkanes of at least 4 members (excludes halogenated alkanes) is 2. The number of aromatic amines is 1. The Morgan fingerprint density at radius 3 is 2.30 bits per heavy atom. The first-order valence-electron chi connectivity index (χ1n) is 28.7. The lowest BCUT2D eigenvalue weighted by Crippen LogP contribution is -2.62. The van der Waals surface area contributed by atoms with Crippen molar-refractivity contribution in [2.24, 2.45) is 17.6 Å². The van der Waals surface area contributed by atoms with Crippen LogP contribution < -0.4 is 47.7 Å². The van der Waals surface area contributed by atoms with Gasteiger partial charge in [-0.15, -0.1) is 0 Å². The molecule has 6 heterocycles. The standard InChI is InChI=1S/C55H78N12O17S2/c1-5-27(2)46-52(80)58-20-41(72)59-36-26-86(83)54-32(31-10-11-39(84-4)33(48(31)64-54)25-85-30-14-16-65(23-30)43(74)9-7-6-8-15-66-44(75)12-13-45(66)76)18-34(49(77)57-21-42(73)62-46)60-53(81)47(28(3)38(70)24-68)63-51(79)37-17-29(69)22-67(37)55(82)35(19-40(56)71)61-50(36)78/h10-13,27-30,34-38,41,46-47,59,64,68-70,72H,5-9,14-26H2,1-4H3,(H2,56,71)(H,57,77)(H,58,80)(H,60,81)(H,61,78)(H,62,73)(H,63,79)/t27-,28-,29+,30+,34-,35-,36-,37-,38-,41?,46-,47-,86?/m0/s1. The molecule has 5 aliphatic rings. The van der Waals surface area contributed by atoms with Crippen LogP contribution in [0.1, 0.15) is 83.3 Å². The lowest BCUT2D eigenvalue weighted by atomic mass is 9.93. The highest BCUT2D eigenvalue weighted by Gasteiger charge is 2.46. The summed E-state index contributed by atoms with van der Waals surface area (Å²) in [5.74, 6) is -10.9. The Hall–Kier alpha value is -6.87. The van der Waals surface area contributed by atoms with Crippen molar-refractivity contribution in [1.82, 2.24) is 56.9 Å². The fourth-order valence-electron chi connectivity index (χ4n) is 11.1. The van der Waals surface area contributed by atoms with E-state index in [0.29, 0.717) is 67.4 Å². The minimum atomic E-state index is -2.42. The van der Waals surface area contributed by atoms with E-state index in [1.807, 2.05) is 0 Å². The predicted octanol–water partition coefficient (Wildman–Crippen LogP) is -4.51. The maximum Gasteiger partial charge on any atom is 0.253 e. The molecule has 31 heteroatoms. The first-order chi connectivity index (χ1) is 40.9. The SMILES string of the molecule is CC[C@H](C)[C@@H]1NC(=O)CNC(=O)[C@@H]2Cc3c([nH]c4c(CS[C@@H]5CCN(C(=O)CCCCCN6C(=O)C=CC6=O)C5)c(OC)ccc34)[S+]([O-])C[C@H](NC(O)CNC1=O)C(=O)N[C@@H](CC(N)=O)C(=O)N1C[C@H](O)C[C@H]1C(=O)N[C@@H]([C@@H](C)[C@@H](O)CO)C(=O)N2. The first-order valence-corrected chi connectivity index (χ1v) is 31.1. The average molecular weight is 1240 g/mol. The van der Waals surface area contributed by atoms with E-state index in [4.69, 9.17) is 10.5 Å². The topological polar surface area (TPSA) is 437 Å². The van der Waals surface area contributed by atoms with Gasteiger partial charge in [0.15, 0.2) is 0 Å². The summed E-state index contributed by atoms with van der Waals surface area (Å²) in [4.78, 5) is 158. The molecule has 0 saturated carbocycles. The maximum absolute atomic E-state index is 15.4. The molecule has 2 unspecified atom stereocenters. The average Bonchev–Trinajstić information content (AvgIpc) is 1.78. The maximum atomic E-state index is 15.4. The van der Waals surface area contributed by atoms with Crippen LogP contribution in [0.25, 0.3) is 10.9 Å². The summed E-state index contributed by atoms with van der Waals surface area (Å²) in [6.45, 7) is 3.10. The van der Waals surface area contributed by atoms with E-state index in [9.17, 15) is 73.2 Å². The van der Waals surface area contributed by atoms with Crippen molar-refractivity contribution in [3.63, 3.8) is 0 Å². The summed E-state index contributed by atoms with van der Waals surface area (Å²) >= 11 is -0.912. The molecule has 0 aliphatic carbocycles. The zero-order chi connectivity index (χ0) is 62.7. The van der Waals surface area contributed by atoms with Gasteiger partial charge in [-0.3, -0.25) is 63.0 Å². The number of hydrogen-bond donors (Lipinski definition) is 13.